The summed E-state index contributed by atoms with van der Waals surface area (Å²) in [5.74, 6) is 0.855. The molecule has 1 aliphatic rings. The molecule has 1 rings (SSSR count). The van der Waals surface area contributed by atoms with Gasteiger partial charge in [-0.25, -0.2) is 0 Å². The summed E-state index contributed by atoms with van der Waals surface area (Å²) in [6, 6.07) is -0.225. The second-order valence-electron chi connectivity index (χ2n) is 4.02. The van der Waals surface area contributed by atoms with Crippen molar-refractivity contribution in [3.8, 4) is 0 Å². The summed E-state index contributed by atoms with van der Waals surface area (Å²) in [5.41, 5.74) is 5.62. The Morgan fingerprint density at radius 1 is 1.69 bits per heavy atom. The molecule has 1 heterocycles. The maximum atomic E-state index is 11.4. The minimum absolute atomic E-state index is 0.142. The Bertz CT molecular complexity index is 182. The van der Waals surface area contributed by atoms with Gasteiger partial charge in [-0.1, -0.05) is 20.3 Å². The molecule has 0 spiro atoms. The normalized spacial score (nSPS) is 25.3. The highest BCUT2D eigenvalue weighted by Crippen LogP contribution is 2.13. The molecule has 0 aromatic carbocycles. The summed E-state index contributed by atoms with van der Waals surface area (Å²) in [6.07, 6.45) is 3.13. The van der Waals surface area contributed by atoms with Crippen molar-refractivity contribution in [2.75, 3.05) is 13.1 Å². The second kappa shape index (κ2) is 4.61. The maximum absolute atomic E-state index is 11.4. The minimum Gasteiger partial charge on any atom is -0.341 e. The molecule has 0 saturated carbocycles. The van der Waals surface area contributed by atoms with E-state index in [1.807, 2.05) is 4.90 Å². The third-order valence-electron chi connectivity index (χ3n) is 2.93. The second-order valence-corrected chi connectivity index (χ2v) is 4.02. The van der Waals surface area contributed by atoms with Crippen molar-refractivity contribution >= 4 is 5.91 Å². The Labute approximate surface area is 80.3 Å². The van der Waals surface area contributed by atoms with Crippen LogP contribution in [0.5, 0.6) is 0 Å². The van der Waals surface area contributed by atoms with Gasteiger partial charge in [0.05, 0.1) is 6.04 Å². The quantitative estimate of drug-likeness (QED) is 0.708. The van der Waals surface area contributed by atoms with Gasteiger partial charge in [-0.15, -0.1) is 0 Å². The Morgan fingerprint density at radius 3 is 2.85 bits per heavy atom. The first kappa shape index (κ1) is 10.5. The summed E-state index contributed by atoms with van der Waals surface area (Å²) in [6.45, 7) is 6.15. The zero-order valence-corrected chi connectivity index (χ0v) is 8.62. The Kier molecular flexibility index (Phi) is 3.72. The van der Waals surface area contributed by atoms with E-state index in [-0.39, 0.29) is 11.9 Å². The Balaban J connectivity index is 2.26. The van der Waals surface area contributed by atoms with Gasteiger partial charge in [-0.2, -0.15) is 0 Å². The third kappa shape index (κ3) is 2.69. The molecule has 1 fully saturated rings. The molecule has 3 heteroatoms. The van der Waals surface area contributed by atoms with Crippen LogP contribution in [0.1, 0.15) is 33.1 Å². The maximum Gasteiger partial charge on any atom is 0.239 e. The molecule has 0 radical (unpaired) electrons. The van der Waals surface area contributed by atoms with Crippen LogP contribution >= 0.6 is 0 Å². The lowest BCUT2D eigenvalue weighted by Crippen LogP contribution is -2.34. The summed E-state index contributed by atoms with van der Waals surface area (Å²) in [5, 5.41) is 0. The molecule has 1 aliphatic heterocycles. The van der Waals surface area contributed by atoms with E-state index in [2.05, 4.69) is 13.8 Å². The molecule has 0 aliphatic carbocycles. The van der Waals surface area contributed by atoms with Crippen LogP contribution in [0.2, 0.25) is 0 Å². The van der Waals surface area contributed by atoms with Crippen molar-refractivity contribution in [3.05, 3.63) is 0 Å². The van der Waals surface area contributed by atoms with E-state index in [9.17, 15) is 4.79 Å². The molecule has 1 amide bonds. The zero-order valence-electron chi connectivity index (χ0n) is 8.62. The first-order valence-corrected chi connectivity index (χ1v) is 5.19. The van der Waals surface area contributed by atoms with Gasteiger partial charge in [0.1, 0.15) is 0 Å². The number of amides is 1. The summed E-state index contributed by atoms with van der Waals surface area (Å²) in [4.78, 5) is 13.3. The van der Waals surface area contributed by atoms with E-state index < -0.39 is 0 Å². The standard InChI is InChI=1S/C10H20N2O/c1-3-8(2)4-6-12-7-5-9(11)10(12)13/h8-9H,3-7,11H2,1-2H3. The third-order valence-corrected chi connectivity index (χ3v) is 2.93. The molecule has 2 unspecified atom stereocenters. The average Bonchev–Trinajstić information content (AvgIpc) is 2.44. The van der Waals surface area contributed by atoms with Gasteiger partial charge in [-0.3, -0.25) is 4.79 Å². The van der Waals surface area contributed by atoms with Crippen molar-refractivity contribution in [2.24, 2.45) is 11.7 Å². The van der Waals surface area contributed by atoms with Gasteiger partial charge in [0.2, 0.25) is 5.91 Å². The topological polar surface area (TPSA) is 46.3 Å². The van der Waals surface area contributed by atoms with Crippen LogP contribution in [0.25, 0.3) is 0 Å². The van der Waals surface area contributed by atoms with Crippen molar-refractivity contribution < 1.29 is 4.79 Å². The first-order chi connectivity index (χ1) is 6.15. The molecule has 13 heavy (non-hydrogen) atoms. The lowest BCUT2D eigenvalue weighted by atomic mass is 10.1. The van der Waals surface area contributed by atoms with Crippen molar-refractivity contribution in [2.45, 2.75) is 39.2 Å². The fourth-order valence-corrected chi connectivity index (χ4v) is 1.57. The summed E-state index contributed by atoms with van der Waals surface area (Å²) in [7, 11) is 0. The average molecular weight is 184 g/mol. The number of hydrogen-bond acceptors (Lipinski definition) is 2. The lowest BCUT2D eigenvalue weighted by molar-refractivity contribution is -0.128. The molecule has 0 aromatic heterocycles. The highest BCUT2D eigenvalue weighted by atomic mass is 16.2. The monoisotopic (exact) mass is 184 g/mol. The number of carbonyl (C=O) groups is 1. The molecule has 0 aromatic rings. The number of carbonyl (C=O) groups excluding carboxylic acids is 1. The van der Waals surface area contributed by atoms with Gasteiger partial charge in [0, 0.05) is 13.1 Å². The van der Waals surface area contributed by atoms with E-state index >= 15 is 0 Å². The van der Waals surface area contributed by atoms with E-state index in [1.165, 1.54) is 6.42 Å². The fourth-order valence-electron chi connectivity index (χ4n) is 1.57. The molecule has 76 valence electrons. The van der Waals surface area contributed by atoms with Crippen LogP contribution in [-0.4, -0.2) is 29.9 Å². The lowest BCUT2D eigenvalue weighted by Gasteiger charge is -2.17. The highest BCUT2D eigenvalue weighted by Gasteiger charge is 2.27. The van der Waals surface area contributed by atoms with E-state index in [0.29, 0.717) is 5.92 Å². The summed E-state index contributed by atoms with van der Waals surface area (Å²) < 4.78 is 0. The largest absolute Gasteiger partial charge is 0.341 e. The Morgan fingerprint density at radius 2 is 2.38 bits per heavy atom. The van der Waals surface area contributed by atoms with E-state index in [0.717, 1.165) is 25.9 Å². The molecule has 3 nitrogen and oxygen atoms in total. The number of nitrogens with zero attached hydrogens (tertiary/aromatic N) is 1. The van der Waals surface area contributed by atoms with Crippen LogP contribution in [0.4, 0.5) is 0 Å². The van der Waals surface area contributed by atoms with Crippen molar-refractivity contribution in [1.82, 2.24) is 4.90 Å². The number of likely N-dealkylation sites (tertiary alicyclic amines) is 1. The van der Waals surface area contributed by atoms with Gasteiger partial charge >= 0.3 is 0 Å². The van der Waals surface area contributed by atoms with Crippen LogP contribution in [0.3, 0.4) is 0 Å². The number of rotatable bonds is 4. The SMILES string of the molecule is CCC(C)CCN1CCC(N)C1=O. The fraction of sp³-hybridized carbons (Fsp3) is 0.900. The first-order valence-electron chi connectivity index (χ1n) is 5.19. The van der Waals surface area contributed by atoms with E-state index in [4.69, 9.17) is 5.73 Å². The number of hydrogen-bond donors (Lipinski definition) is 1. The zero-order chi connectivity index (χ0) is 9.84. The molecular weight excluding hydrogens is 164 g/mol. The smallest absolute Gasteiger partial charge is 0.239 e. The van der Waals surface area contributed by atoms with Gasteiger partial charge in [0.25, 0.3) is 0 Å². The van der Waals surface area contributed by atoms with Crippen LogP contribution in [0.15, 0.2) is 0 Å². The van der Waals surface area contributed by atoms with Gasteiger partial charge in [0.15, 0.2) is 0 Å². The van der Waals surface area contributed by atoms with Gasteiger partial charge in [-0.05, 0) is 18.8 Å². The molecule has 2 N–H and O–H groups in total. The predicted molar refractivity (Wildman–Crippen MR) is 53.2 cm³/mol. The van der Waals surface area contributed by atoms with Crippen LogP contribution in [-0.2, 0) is 4.79 Å². The van der Waals surface area contributed by atoms with Crippen molar-refractivity contribution in [1.29, 1.82) is 0 Å². The summed E-state index contributed by atoms with van der Waals surface area (Å²) >= 11 is 0. The molecule has 2 atom stereocenters. The molecular formula is C10H20N2O. The van der Waals surface area contributed by atoms with Crippen LogP contribution in [0, 0.1) is 5.92 Å². The van der Waals surface area contributed by atoms with Crippen molar-refractivity contribution in [3.63, 3.8) is 0 Å². The number of nitrogens with two attached hydrogens (primary N) is 1. The molecule has 1 saturated heterocycles. The Hall–Kier alpha value is -0.570. The van der Waals surface area contributed by atoms with Crippen LogP contribution < -0.4 is 5.73 Å². The van der Waals surface area contributed by atoms with E-state index in [1.54, 1.807) is 0 Å². The minimum atomic E-state index is -0.225. The van der Waals surface area contributed by atoms with Gasteiger partial charge < -0.3 is 10.6 Å². The molecule has 0 bridgehead atoms. The predicted octanol–water partition coefficient (Wildman–Crippen LogP) is 0.982. The highest BCUT2D eigenvalue weighted by molar-refractivity contribution is 5.83.